The Bertz CT molecular complexity index is 816. The average Bonchev–Trinajstić information content (AvgIpc) is 3.15. The minimum Gasteiger partial charge on any atom is -0.340 e. The van der Waals surface area contributed by atoms with Gasteiger partial charge < -0.3 is 10.2 Å². The fourth-order valence-electron chi connectivity index (χ4n) is 4.59. The minimum absolute atomic E-state index is 0.0539. The third-order valence-corrected chi connectivity index (χ3v) is 8.09. The summed E-state index contributed by atoms with van der Waals surface area (Å²) in [6, 6.07) is 5.90. The molecule has 0 saturated carbocycles. The van der Waals surface area contributed by atoms with Crippen molar-refractivity contribution in [1.82, 2.24) is 14.5 Å². The molecule has 1 unspecified atom stereocenters. The summed E-state index contributed by atoms with van der Waals surface area (Å²) in [7, 11) is -3.47. The van der Waals surface area contributed by atoms with E-state index in [1.54, 1.807) is 10.4 Å². The molecule has 27 heavy (non-hydrogen) atoms. The van der Waals surface area contributed by atoms with Gasteiger partial charge in [0.05, 0.1) is 4.90 Å². The molecule has 4 rings (SSSR count). The monoisotopic (exact) mass is 391 g/mol. The van der Waals surface area contributed by atoms with Crippen LogP contribution in [0.4, 0.5) is 0 Å². The van der Waals surface area contributed by atoms with Crippen LogP contribution < -0.4 is 5.32 Å². The third-order valence-electron chi connectivity index (χ3n) is 6.19. The number of piperazine rings is 1. The molecule has 0 aromatic heterocycles. The van der Waals surface area contributed by atoms with Crippen molar-refractivity contribution in [2.75, 3.05) is 32.7 Å². The first-order valence-electron chi connectivity index (χ1n) is 10.1. The van der Waals surface area contributed by atoms with Gasteiger partial charge in [0.15, 0.2) is 0 Å². The molecule has 1 amide bonds. The lowest BCUT2D eigenvalue weighted by Gasteiger charge is -2.37. The van der Waals surface area contributed by atoms with E-state index in [-0.39, 0.29) is 11.8 Å². The molecule has 1 aromatic carbocycles. The van der Waals surface area contributed by atoms with Gasteiger partial charge in [-0.1, -0.05) is 6.07 Å². The van der Waals surface area contributed by atoms with Crippen LogP contribution in [0.25, 0.3) is 0 Å². The summed E-state index contributed by atoms with van der Waals surface area (Å²) in [6.07, 6.45) is 4.35. The fourth-order valence-corrected chi connectivity index (χ4v) is 6.11. The van der Waals surface area contributed by atoms with E-state index < -0.39 is 10.0 Å². The number of nitrogens with zero attached hydrogens (tertiary/aromatic N) is 2. The Labute approximate surface area is 162 Å². The maximum atomic E-state index is 13.0. The number of sulfonamides is 1. The molecule has 1 aromatic rings. The molecule has 2 saturated heterocycles. The highest BCUT2D eigenvalue weighted by Crippen LogP contribution is 2.29. The summed E-state index contributed by atoms with van der Waals surface area (Å²) >= 11 is 0. The van der Waals surface area contributed by atoms with Crippen LogP contribution >= 0.6 is 0 Å². The number of amides is 1. The Balaban J connectivity index is 1.40. The summed E-state index contributed by atoms with van der Waals surface area (Å²) in [5.74, 6) is 0.139. The molecule has 2 aliphatic heterocycles. The van der Waals surface area contributed by atoms with E-state index in [1.165, 1.54) is 11.1 Å². The van der Waals surface area contributed by atoms with E-state index in [4.69, 9.17) is 0 Å². The second-order valence-corrected chi connectivity index (χ2v) is 10.0. The van der Waals surface area contributed by atoms with Crippen LogP contribution in [0.5, 0.6) is 0 Å². The lowest BCUT2D eigenvalue weighted by Crippen LogP contribution is -2.54. The van der Waals surface area contributed by atoms with Gasteiger partial charge in [0.25, 0.3) is 0 Å². The molecule has 3 aliphatic rings. The van der Waals surface area contributed by atoms with E-state index in [0.29, 0.717) is 36.9 Å². The van der Waals surface area contributed by atoms with Gasteiger partial charge in [-0.25, -0.2) is 8.42 Å². The first-order valence-corrected chi connectivity index (χ1v) is 11.5. The van der Waals surface area contributed by atoms with E-state index in [9.17, 15) is 13.2 Å². The van der Waals surface area contributed by atoms with Crippen molar-refractivity contribution >= 4 is 15.9 Å². The van der Waals surface area contributed by atoms with Crippen molar-refractivity contribution in [2.24, 2.45) is 5.92 Å². The lowest BCUT2D eigenvalue weighted by atomic mass is 9.96. The molecule has 2 heterocycles. The first kappa shape index (κ1) is 18.9. The van der Waals surface area contributed by atoms with Crippen LogP contribution in [0.1, 0.15) is 37.3 Å². The Morgan fingerprint density at radius 2 is 1.85 bits per heavy atom. The molecule has 0 spiro atoms. The number of rotatable bonds is 3. The number of hydrogen-bond acceptors (Lipinski definition) is 4. The molecule has 7 heteroatoms. The number of piperidine rings is 1. The van der Waals surface area contributed by atoms with E-state index in [1.807, 2.05) is 17.0 Å². The highest BCUT2D eigenvalue weighted by atomic mass is 32.2. The Morgan fingerprint density at radius 3 is 2.59 bits per heavy atom. The number of fused-ring (bicyclic) bond motifs is 1. The predicted octanol–water partition coefficient (Wildman–Crippen LogP) is 1.40. The number of hydrogen-bond donors (Lipinski definition) is 1. The van der Waals surface area contributed by atoms with Crippen LogP contribution in [0.3, 0.4) is 0 Å². The predicted molar refractivity (Wildman–Crippen MR) is 104 cm³/mol. The molecule has 6 nitrogen and oxygen atoms in total. The number of carbonyl (C=O) groups excluding carboxylic acids is 1. The minimum atomic E-state index is -3.47. The zero-order valence-electron chi connectivity index (χ0n) is 16.0. The SMILES string of the molecule is CC1CN(C(=O)C2CCN(S(=O)(=O)c3ccc4c(c3)CCC4)CC2)CCN1. The van der Waals surface area contributed by atoms with Crippen molar-refractivity contribution in [3.05, 3.63) is 29.3 Å². The summed E-state index contributed by atoms with van der Waals surface area (Å²) < 4.78 is 27.6. The number of aryl methyl sites for hydroxylation is 2. The maximum absolute atomic E-state index is 13.0. The normalized spacial score (nSPS) is 24.8. The van der Waals surface area contributed by atoms with Gasteiger partial charge in [-0.05, 0) is 62.3 Å². The van der Waals surface area contributed by atoms with E-state index >= 15 is 0 Å². The second-order valence-electron chi connectivity index (χ2n) is 8.10. The van der Waals surface area contributed by atoms with Gasteiger partial charge in [0, 0.05) is 44.7 Å². The van der Waals surface area contributed by atoms with Crippen molar-refractivity contribution in [3.8, 4) is 0 Å². The van der Waals surface area contributed by atoms with E-state index in [2.05, 4.69) is 12.2 Å². The van der Waals surface area contributed by atoms with Crippen molar-refractivity contribution in [3.63, 3.8) is 0 Å². The fraction of sp³-hybridized carbons (Fsp3) is 0.650. The molecule has 1 atom stereocenters. The van der Waals surface area contributed by atoms with Gasteiger partial charge in [-0.2, -0.15) is 4.31 Å². The van der Waals surface area contributed by atoms with Crippen molar-refractivity contribution in [1.29, 1.82) is 0 Å². The topological polar surface area (TPSA) is 69.7 Å². The quantitative estimate of drug-likeness (QED) is 0.846. The van der Waals surface area contributed by atoms with Crippen LogP contribution in [0, 0.1) is 5.92 Å². The number of carbonyl (C=O) groups is 1. The first-order chi connectivity index (χ1) is 12.9. The van der Waals surface area contributed by atoms with Gasteiger partial charge in [-0.15, -0.1) is 0 Å². The van der Waals surface area contributed by atoms with Gasteiger partial charge >= 0.3 is 0 Å². The third kappa shape index (κ3) is 3.77. The van der Waals surface area contributed by atoms with Crippen LogP contribution in [0.15, 0.2) is 23.1 Å². The molecule has 0 radical (unpaired) electrons. The van der Waals surface area contributed by atoms with E-state index in [0.717, 1.165) is 38.9 Å². The van der Waals surface area contributed by atoms with Gasteiger partial charge in [0.2, 0.25) is 15.9 Å². The summed E-state index contributed by atoms with van der Waals surface area (Å²) in [5, 5.41) is 3.35. The zero-order chi connectivity index (χ0) is 19.0. The largest absolute Gasteiger partial charge is 0.340 e. The van der Waals surface area contributed by atoms with Gasteiger partial charge in [-0.3, -0.25) is 4.79 Å². The molecule has 2 fully saturated rings. The highest BCUT2D eigenvalue weighted by molar-refractivity contribution is 7.89. The Hall–Kier alpha value is -1.44. The number of benzene rings is 1. The Kier molecular flexibility index (Phi) is 5.27. The van der Waals surface area contributed by atoms with Crippen LogP contribution in [-0.2, 0) is 27.7 Å². The molecule has 1 aliphatic carbocycles. The summed E-state index contributed by atoms with van der Waals surface area (Å²) in [6.45, 7) is 5.27. The standard InChI is InChI=1S/C20H29N3O3S/c1-15-14-22(12-9-21-15)20(24)17-7-10-23(11-8-17)27(25,26)19-6-5-16-3-2-4-18(16)13-19/h5-6,13,15,17,21H,2-4,7-12,14H2,1H3. The summed E-state index contributed by atoms with van der Waals surface area (Å²) in [4.78, 5) is 15.1. The van der Waals surface area contributed by atoms with Crippen molar-refractivity contribution < 1.29 is 13.2 Å². The van der Waals surface area contributed by atoms with Crippen LogP contribution in [0.2, 0.25) is 0 Å². The van der Waals surface area contributed by atoms with Crippen molar-refractivity contribution in [2.45, 2.75) is 50.0 Å². The summed E-state index contributed by atoms with van der Waals surface area (Å²) in [5.41, 5.74) is 2.46. The lowest BCUT2D eigenvalue weighted by molar-refractivity contribution is -0.137. The Morgan fingerprint density at radius 1 is 1.11 bits per heavy atom. The maximum Gasteiger partial charge on any atom is 0.243 e. The van der Waals surface area contributed by atoms with Gasteiger partial charge in [0.1, 0.15) is 0 Å². The molecular weight excluding hydrogens is 362 g/mol. The molecule has 1 N–H and O–H groups in total. The molecule has 0 bridgehead atoms. The smallest absolute Gasteiger partial charge is 0.243 e. The second kappa shape index (κ2) is 7.53. The van der Waals surface area contributed by atoms with Crippen LogP contribution in [-0.4, -0.2) is 62.3 Å². The highest BCUT2D eigenvalue weighted by Gasteiger charge is 2.35. The molecular formula is C20H29N3O3S. The number of nitrogens with one attached hydrogen (secondary N) is 1. The molecule has 148 valence electrons. The zero-order valence-corrected chi connectivity index (χ0v) is 16.8. The average molecular weight is 392 g/mol.